The maximum atomic E-state index is 12.0. The van der Waals surface area contributed by atoms with E-state index in [1.165, 1.54) is 4.57 Å². The smallest absolute Gasteiger partial charge is 0.329 e. The van der Waals surface area contributed by atoms with Crippen molar-refractivity contribution >= 4 is 17.1 Å². The highest BCUT2D eigenvalue weighted by Crippen LogP contribution is 2.15. The van der Waals surface area contributed by atoms with Crippen LogP contribution in [0.1, 0.15) is 6.42 Å². The number of aromatic nitrogens is 4. The lowest BCUT2D eigenvalue weighted by Gasteiger charge is -2.07. The van der Waals surface area contributed by atoms with Gasteiger partial charge in [0.25, 0.3) is 5.56 Å². The summed E-state index contributed by atoms with van der Waals surface area (Å²) >= 11 is 0. The molecule has 0 fully saturated rings. The van der Waals surface area contributed by atoms with Crippen LogP contribution in [0.15, 0.2) is 22.2 Å². The summed E-state index contributed by atoms with van der Waals surface area (Å²) in [5, 5.41) is 3.15. The van der Waals surface area contributed by atoms with Gasteiger partial charge in [0.15, 0.2) is 11.2 Å². The molecule has 0 atom stereocenters. The maximum absolute atomic E-state index is 12.0. The molecule has 2 aromatic heterocycles. The van der Waals surface area contributed by atoms with Crippen molar-refractivity contribution < 1.29 is 4.74 Å². The largest absolute Gasteiger partial charge is 0.385 e. The number of nitrogens with one attached hydrogen (secondary N) is 2. The first-order valence-electron chi connectivity index (χ1n) is 6.63. The van der Waals surface area contributed by atoms with E-state index < -0.39 is 11.2 Å². The molecule has 0 spiro atoms. The van der Waals surface area contributed by atoms with Crippen LogP contribution < -0.4 is 16.6 Å². The topological polar surface area (TPSA) is 93.9 Å². The molecule has 2 aromatic rings. The molecule has 0 saturated carbocycles. The van der Waals surface area contributed by atoms with Crippen molar-refractivity contribution in [2.45, 2.75) is 13.0 Å². The highest BCUT2D eigenvalue weighted by molar-refractivity contribution is 5.74. The highest BCUT2D eigenvalue weighted by Gasteiger charge is 2.16. The fraction of sp³-hybridized carbons (Fsp3) is 0.462. The summed E-state index contributed by atoms with van der Waals surface area (Å²) in [6.07, 6.45) is 2.48. The van der Waals surface area contributed by atoms with Crippen molar-refractivity contribution in [1.82, 2.24) is 19.1 Å². The number of hydrogen-bond donors (Lipinski definition) is 2. The molecular formula is C13H19N5O3. The third kappa shape index (κ3) is 2.89. The first-order chi connectivity index (χ1) is 10.1. The number of rotatable bonds is 7. The zero-order chi connectivity index (χ0) is 15.4. The number of hydrogen-bond acceptors (Lipinski definition) is 5. The lowest BCUT2D eigenvalue weighted by atomic mass is 10.4. The van der Waals surface area contributed by atoms with Gasteiger partial charge in [-0.25, -0.2) is 4.79 Å². The van der Waals surface area contributed by atoms with Crippen LogP contribution in [0.2, 0.25) is 0 Å². The number of imidazole rings is 1. The van der Waals surface area contributed by atoms with Crippen LogP contribution in [0.5, 0.6) is 0 Å². The predicted octanol–water partition coefficient (Wildman–Crippen LogP) is 0.0577. The molecule has 0 unspecified atom stereocenters. The van der Waals surface area contributed by atoms with Gasteiger partial charge in [0.1, 0.15) is 0 Å². The second-order valence-electron chi connectivity index (χ2n) is 4.60. The van der Waals surface area contributed by atoms with Gasteiger partial charge in [-0.05, 0) is 6.42 Å². The first-order valence-corrected chi connectivity index (χ1v) is 6.63. The summed E-state index contributed by atoms with van der Waals surface area (Å²) in [4.78, 5) is 30.3. The molecular weight excluding hydrogens is 274 g/mol. The van der Waals surface area contributed by atoms with Crippen LogP contribution in [0.25, 0.3) is 11.2 Å². The molecule has 0 aromatic carbocycles. The molecule has 2 rings (SSSR count). The van der Waals surface area contributed by atoms with E-state index in [1.807, 2.05) is 0 Å². The molecule has 0 bridgehead atoms. The van der Waals surface area contributed by atoms with Gasteiger partial charge in [0.05, 0.1) is 0 Å². The van der Waals surface area contributed by atoms with Crippen LogP contribution in [-0.4, -0.2) is 39.4 Å². The molecule has 21 heavy (non-hydrogen) atoms. The SMILES string of the molecule is C=CCn1c(NCCCOC)nc2c1c(=O)[nH]c(=O)n2C. The fourth-order valence-electron chi connectivity index (χ4n) is 2.09. The van der Waals surface area contributed by atoms with Gasteiger partial charge in [-0.15, -0.1) is 6.58 Å². The third-order valence-corrected chi connectivity index (χ3v) is 3.13. The molecule has 0 aliphatic rings. The minimum Gasteiger partial charge on any atom is -0.385 e. The average molecular weight is 293 g/mol. The van der Waals surface area contributed by atoms with Gasteiger partial charge in [-0.2, -0.15) is 4.98 Å². The van der Waals surface area contributed by atoms with Crippen LogP contribution in [0.4, 0.5) is 5.95 Å². The maximum Gasteiger partial charge on any atom is 0.329 e. The van der Waals surface area contributed by atoms with E-state index >= 15 is 0 Å². The number of nitrogens with zero attached hydrogens (tertiary/aromatic N) is 3. The van der Waals surface area contributed by atoms with Gasteiger partial charge in [-0.1, -0.05) is 6.08 Å². The van der Waals surface area contributed by atoms with E-state index in [0.29, 0.717) is 36.8 Å². The molecule has 2 heterocycles. The second kappa shape index (κ2) is 6.40. The van der Waals surface area contributed by atoms with Gasteiger partial charge in [0.2, 0.25) is 5.95 Å². The lowest BCUT2D eigenvalue weighted by Crippen LogP contribution is -2.29. The minimum atomic E-state index is -0.485. The van der Waals surface area contributed by atoms with E-state index in [4.69, 9.17) is 4.74 Å². The molecule has 0 amide bonds. The van der Waals surface area contributed by atoms with Crippen molar-refractivity contribution in [2.24, 2.45) is 7.05 Å². The summed E-state index contributed by atoms with van der Waals surface area (Å²) in [5.41, 5.74) is -0.236. The highest BCUT2D eigenvalue weighted by atomic mass is 16.5. The molecule has 0 saturated heterocycles. The molecule has 0 aliphatic carbocycles. The van der Waals surface area contributed by atoms with Crippen LogP contribution in [-0.2, 0) is 18.3 Å². The Labute approximate surface area is 121 Å². The first kappa shape index (κ1) is 15.0. The number of aromatic amines is 1. The number of methoxy groups -OCH3 is 1. The number of ether oxygens (including phenoxy) is 1. The molecule has 8 heteroatoms. The number of aryl methyl sites for hydroxylation is 1. The van der Waals surface area contributed by atoms with E-state index in [2.05, 4.69) is 21.9 Å². The molecule has 8 nitrogen and oxygen atoms in total. The number of fused-ring (bicyclic) bond motifs is 1. The third-order valence-electron chi connectivity index (χ3n) is 3.13. The number of anilines is 1. The van der Waals surface area contributed by atoms with Crippen LogP contribution in [0.3, 0.4) is 0 Å². The van der Waals surface area contributed by atoms with Crippen molar-refractivity contribution in [3.63, 3.8) is 0 Å². The number of H-pyrrole nitrogens is 1. The Morgan fingerprint density at radius 1 is 1.48 bits per heavy atom. The van der Waals surface area contributed by atoms with E-state index in [0.717, 1.165) is 6.42 Å². The van der Waals surface area contributed by atoms with Crippen LogP contribution in [0, 0.1) is 0 Å². The summed E-state index contributed by atoms with van der Waals surface area (Å²) < 4.78 is 8.00. The Morgan fingerprint density at radius 3 is 2.90 bits per heavy atom. The average Bonchev–Trinajstić information content (AvgIpc) is 2.81. The summed E-state index contributed by atoms with van der Waals surface area (Å²) in [6.45, 7) is 5.39. The normalized spacial score (nSPS) is 11.0. The van der Waals surface area contributed by atoms with E-state index in [9.17, 15) is 9.59 Å². The zero-order valence-electron chi connectivity index (χ0n) is 12.2. The summed E-state index contributed by atoms with van der Waals surface area (Å²) in [7, 11) is 3.21. The molecule has 0 aliphatic heterocycles. The quantitative estimate of drug-likeness (QED) is 0.556. The Bertz CT molecular complexity index is 755. The fourth-order valence-corrected chi connectivity index (χ4v) is 2.09. The molecule has 0 radical (unpaired) electrons. The van der Waals surface area contributed by atoms with Gasteiger partial charge in [-0.3, -0.25) is 14.3 Å². The van der Waals surface area contributed by atoms with E-state index in [-0.39, 0.29) is 0 Å². The van der Waals surface area contributed by atoms with Crippen molar-refractivity contribution in [3.05, 3.63) is 33.5 Å². The lowest BCUT2D eigenvalue weighted by molar-refractivity contribution is 0.197. The Kier molecular flexibility index (Phi) is 4.59. The van der Waals surface area contributed by atoms with Gasteiger partial charge < -0.3 is 14.6 Å². The molecule has 2 N–H and O–H groups in total. The molecule has 114 valence electrons. The van der Waals surface area contributed by atoms with Crippen molar-refractivity contribution in [2.75, 3.05) is 25.6 Å². The predicted molar refractivity (Wildman–Crippen MR) is 80.8 cm³/mol. The van der Waals surface area contributed by atoms with Crippen LogP contribution >= 0.6 is 0 Å². The Hall–Kier alpha value is -2.35. The summed E-state index contributed by atoms with van der Waals surface area (Å²) in [6, 6.07) is 0. The monoisotopic (exact) mass is 293 g/mol. The minimum absolute atomic E-state index is 0.347. The number of allylic oxidation sites excluding steroid dienone is 1. The van der Waals surface area contributed by atoms with Gasteiger partial charge in [0, 0.05) is 33.9 Å². The van der Waals surface area contributed by atoms with Crippen molar-refractivity contribution in [1.29, 1.82) is 0 Å². The zero-order valence-corrected chi connectivity index (χ0v) is 12.2. The van der Waals surface area contributed by atoms with Crippen molar-refractivity contribution in [3.8, 4) is 0 Å². The Morgan fingerprint density at radius 2 is 2.24 bits per heavy atom. The van der Waals surface area contributed by atoms with E-state index in [1.54, 1.807) is 24.8 Å². The Balaban J connectivity index is 2.49. The summed E-state index contributed by atoms with van der Waals surface area (Å²) in [5.74, 6) is 0.535. The standard InChI is InChI=1S/C13H19N5O3/c1-4-7-18-9-10(17(2)13(20)16-11(9)19)15-12(18)14-6-5-8-21-3/h4H,1,5-8H2,2-3H3,(H,14,15)(H,16,19,20). The second-order valence-corrected chi connectivity index (χ2v) is 4.60. The van der Waals surface area contributed by atoms with Gasteiger partial charge >= 0.3 is 5.69 Å².